The van der Waals surface area contributed by atoms with Gasteiger partial charge in [0.1, 0.15) is 5.82 Å². The molecule has 28 heavy (non-hydrogen) atoms. The summed E-state index contributed by atoms with van der Waals surface area (Å²) in [6.07, 6.45) is 3.36. The van der Waals surface area contributed by atoms with Crippen molar-refractivity contribution in [3.05, 3.63) is 42.0 Å². The highest BCUT2D eigenvalue weighted by Crippen LogP contribution is 2.20. The Labute approximate surface area is 162 Å². The molecule has 2 amide bonds. The molecule has 1 aromatic carbocycles. The fraction of sp³-hybridized carbons (Fsp3) is 0.421. The second-order valence-electron chi connectivity index (χ2n) is 6.49. The number of aryl methyl sites for hydroxylation is 1. The van der Waals surface area contributed by atoms with Crippen molar-refractivity contribution in [2.45, 2.75) is 19.9 Å². The molecule has 2 aromatic rings. The topological polar surface area (TPSA) is 88.5 Å². The molecule has 9 heteroatoms. The van der Waals surface area contributed by atoms with Crippen LogP contribution in [0.4, 0.5) is 15.8 Å². The van der Waals surface area contributed by atoms with Gasteiger partial charge in [-0.2, -0.15) is 5.10 Å². The number of rotatable bonds is 7. The number of morpholine rings is 1. The molecule has 2 N–H and O–H groups in total. The second-order valence-corrected chi connectivity index (χ2v) is 6.49. The molecule has 0 spiro atoms. The van der Waals surface area contributed by atoms with Gasteiger partial charge in [0.15, 0.2) is 0 Å². The van der Waals surface area contributed by atoms with Crippen LogP contribution in [0.3, 0.4) is 0 Å². The van der Waals surface area contributed by atoms with Crippen molar-refractivity contribution < 1.29 is 18.7 Å². The maximum Gasteiger partial charge on any atom is 0.258 e. The Balaban J connectivity index is 1.57. The normalized spacial score (nSPS) is 14.6. The van der Waals surface area contributed by atoms with E-state index in [1.807, 2.05) is 6.92 Å². The van der Waals surface area contributed by atoms with E-state index in [0.29, 0.717) is 37.6 Å². The largest absolute Gasteiger partial charge is 0.379 e. The van der Waals surface area contributed by atoms with Gasteiger partial charge in [-0.3, -0.25) is 19.2 Å². The number of benzene rings is 1. The minimum Gasteiger partial charge on any atom is -0.379 e. The van der Waals surface area contributed by atoms with Gasteiger partial charge < -0.3 is 15.4 Å². The molecule has 1 aliphatic rings. The van der Waals surface area contributed by atoms with Crippen LogP contribution in [0.1, 0.15) is 23.7 Å². The number of halogens is 1. The number of amides is 2. The van der Waals surface area contributed by atoms with Gasteiger partial charge >= 0.3 is 0 Å². The molecule has 1 saturated heterocycles. The lowest BCUT2D eigenvalue weighted by atomic mass is 10.2. The second kappa shape index (κ2) is 9.43. The molecule has 1 fully saturated rings. The summed E-state index contributed by atoms with van der Waals surface area (Å²) < 4.78 is 21.0. The minimum atomic E-state index is -0.559. The summed E-state index contributed by atoms with van der Waals surface area (Å²) in [4.78, 5) is 26.6. The minimum absolute atomic E-state index is 0.0361. The predicted molar refractivity (Wildman–Crippen MR) is 103 cm³/mol. The van der Waals surface area contributed by atoms with Gasteiger partial charge in [0.25, 0.3) is 5.91 Å². The van der Waals surface area contributed by atoms with Crippen LogP contribution in [0, 0.1) is 5.82 Å². The number of nitrogens with zero attached hydrogens (tertiary/aromatic N) is 3. The first kappa shape index (κ1) is 20.0. The van der Waals surface area contributed by atoms with Crippen LogP contribution >= 0.6 is 0 Å². The van der Waals surface area contributed by atoms with Crippen molar-refractivity contribution in [1.29, 1.82) is 0 Å². The quantitative estimate of drug-likeness (QED) is 0.756. The summed E-state index contributed by atoms with van der Waals surface area (Å²) in [7, 11) is 0. The molecule has 0 atom stereocenters. The SMILES string of the molecule is CCn1cc(C(=O)Nc2ccc(F)c(NC(=O)CCN3CCOCC3)c2)cn1. The van der Waals surface area contributed by atoms with Crippen molar-refractivity contribution in [2.24, 2.45) is 0 Å². The summed E-state index contributed by atoms with van der Waals surface area (Å²) in [5, 5.41) is 9.32. The smallest absolute Gasteiger partial charge is 0.258 e. The van der Waals surface area contributed by atoms with E-state index in [0.717, 1.165) is 13.1 Å². The van der Waals surface area contributed by atoms with E-state index >= 15 is 0 Å². The van der Waals surface area contributed by atoms with Crippen molar-refractivity contribution in [3.63, 3.8) is 0 Å². The van der Waals surface area contributed by atoms with Crippen LogP contribution in [-0.2, 0) is 16.1 Å². The lowest BCUT2D eigenvalue weighted by Gasteiger charge is -2.26. The maximum absolute atomic E-state index is 14.1. The van der Waals surface area contributed by atoms with E-state index in [-0.39, 0.29) is 23.9 Å². The van der Waals surface area contributed by atoms with E-state index in [2.05, 4.69) is 20.6 Å². The number of anilines is 2. The van der Waals surface area contributed by atoms with Crippen LogP contribution < -0.4 is 10.6 Å². The zero-order chi connectivity index (χ0) is 19.9. The lowest BCUT2D eigenvalue weighted by Crippen LogP contribution is -2.38. The molecule has 3 rings (SSSR count). The van der Waals surface area contributed by atoms with Crippen molar-refractivity contribution >= 4 is 23.2 Å². The molecular weight excluding hydrogens is 365 g/mol. The van der Waals surface area contributed by atoms with E-state index in [1.54, 1.807) is 10.9 Å². The summed E-state index contributed by atoms with van der Waals surface area (Å²) in [6, 6.07) is 4.06. The van der Waals surface area contributed by atoms with Crippen molar-refractivity contribution in [3.8, 4) is 0 Å². The number of carbonyl (C=O) groups is 2. The molecule has 0 aliphatic carbocycles. The number of aromatic nitrogens is 2. The Kier molecular flexibility index (Phi) is 6.72. The van der Waals surface area contributed by atoms with Crippen LogP contribution in [-0.4, -0.2) is 59.3 Å². The predicted octanol–water partition coefficient (Wildman–Crippen LogP) is 1.96. The van der Waals surface area contributed by atoms with Gasteiger partial charge in [-0.15, -0.1) is 0 Å². The average Bonchev–Trinajstić information content (AvgIpc) is 3.19. The third-order valence-electron chi connectivity index (χ3n) is 4.48. The molecule has 8 nitrogen and oxygen atoms in total. The summed E-state index contributed by atoms with van der Waals surface area (Å²) in [5.41, 5.74) is 0.829. The monoisotopic (exact) mass is 389 g/mol. The first-order valence-corrected chi connectivity index (χ1v) is 9.28. The van der Waals surface area contributed by atoms with Gasteiger partial charge in [0.2, 0.25) is 5.91 Å². The Morgan fingerprint density at radius 2 is 2.04 bits per heavy atom. The maximum atomic E-state index is 14.1. The molecule has 2 heterocycles. The van der Waals surface area contributed by atoms with Crippen molar-refractivity contribution in [1.82, 2.24) is 14.7 Å². The highest BCUT2D eigenvalue weighted by molar-refractivity contribution is 6.04. The molecule has 1 aliphatic heterocycles. The van der Waals surface area contributed by atoms with E-state index in [4.69, 9.17) is 4.74 Å². The molecular formula is C19H24FN5O3. The van der Waals surface area contributed by atoms with Gasteiger partial charge in [-0.05, 0) is 25.1 Å². The van der Waals surface area contributed by atoms with Crippen LogP contribution in [0.5, 0.6) is 0 Å². The summed E-state index contributed by atoms with van der Waals surface area (Å²) in [6.45, 7) is 6.07. The van der Waals surface area contributed by atoms with E-state index < -0.39 is 5.82 Å². The van der Waals surface area contributed by atoms with Crippen LogP contribution in [0.2, 0.25) is 0 Å². The van der Waals surface area contributed by atoms with Gasteiger partial charge in [-0.1, -0.05) is 0 Å². The Hall–Kier alpha value is -2.78. The zero-order valence-corrected chi connectivity index (χ0v) is 15.8. The third kappa shape index (κ3) is 5.37. The number of hydrogen-bond donors (Lipinski definition) is 2. The van der Waals surface area contributed by atoms with Crippen molar-refractivity contribution in [2.75, 3.05) is 43.5 Å². The summed E-state index contributed by atoms with van der Waals surface area (Å²) in [5.74, 6) is -1.19. The zero-order valence-electron chi connectivity index (χ0n) is 15.8. The number of hydrogen-bond acceptors (Lipinski definition) is 5. The Morgan fingerprint density at radius 1 is 1.25 bits per heavy atom. The lowest BCUT2D eigenvalue weighted by molar-refractivity contribution is -0.116. The fourth-order valence-electron chi connectivity index (χ4n) is 2.85. The highest BCUT2D eigenvalue weighted by Gasteiger charge is 2.14. The van der Waals surface area contributed by atoms with Gasteiger partial charge in [0.05, 0.1) is 30.7 Å². The molecule has 0 unspecified atom stereocenters. The fourth-order valence-corrected chi connectivity index (χ4v) is 2.85. The van der Waals surface area contributed by atoms with Gasteiger partial charge in [0, 0.05) is 44.5 Å². The van der Waals surface area contributed by atoms with E-state index in [1.165, 1.54) is 24.4 Å². The number of carbonyl (C=O) groups excluding carboxylic acids is 2. The van der Waals surface area contributed by atoms with Crippen LogP contribution in [0.25, 0.3) is 0 Å². The standard InChI is InChI=1S/C19H24FN5O3/c1-2-25-13-14(12-21-25)19(27)22-15-3-4-16(20)17(11-15)23-18(26)5-6-24-7-9-28-10-8-24/h3-4,11-13H,2,5-10H2,1H3,(H,22,27)(H,23,26). The number of nitrogens with one attached hydrogen (secondary N) is 2. The average molecular weight is 389 g/mol. The van der Waals surface area contributed by atoms with E-state index in [9.17, 15) is 14.0 Å². The first-order chi connectivity index (χ1) is 13.5. The molecule has 1 aromatic heterocycles. The third-order valence-corrected chi connectivity index (χ3v) is 4.48. The number of ether oxygens (including phenoxy) is 1. The molecule has 0 radical (unpaired) electrons. The first-order valence-electron chi connectivity index (χ1n) is 9.28. The molecule has 0 bridgehead atoms. The highest BCUT2D eigenvalue weighted by atomic mass is 19.1. The molecule has 0 saturated carbocycles. The Morgan fingerprint density at radius 3 is 2.75 bits per heavy atom. The van der Waals surface area contributed by atoms with Crippen LogP contribution in [0.15, 0.2) is 30.6 Å². The summed E-state index contributed by atoms with van der Waals surface area (Å²) >= 11 is 0. The Bertz CT molecular complexity index is 833. The molecule has 150 valence electrons. The van der Waals surface area contributed by atoms with Gasteiger partial charge in [-0.25, -0.2) is 4.39 Å².